The summed E-state index contributed by atoms with van der Waals surface area (Å²) in [5.41, 5.74) is 3.30. The SMILES string of the molecule is COc1ccc(Cl)cc1-c1cc(Cl)cc2c1OC(COS(=O)(=O)c1ccc(C)cc1)C2. The van der Waals surface area contributed by atoms with Crippen LogP contribution in [0.2, 0.25) is 10.0 Å². The fourth-order valence-electron chi connectivity index (χ4n) is 3.52. The second-order valence-electron chi connectivity index (χ2n) is 7.28. The molecule has 0 aromatic heterocycles. The van der Waals surface area contributed by atoms with Crippen LogP contribution in [0.4, 0.5) is 0 Å². The van der Waals surface area contributed by atoms with E-state index >= 15 is 0 Å². The number of methoxy groups -OCH3 is 1. The molecule has 0 radical (unpaired) electrons. The molecule has 0 N–H and O–H groups in total. The predicted octanol–water partition coefficient (Wildman–Crippen LogP) is 5.69. The fraction of sp³-hybridized carbons (Fsp3) is 0.217. The van der Waals surface area contributed by atoms with Crippen LogP contribution in [0.25, 0.3) is 11.1 Å². The van der Waals surface area contributed by atoms with Gasteiger partial charge in [0, 0.05) is 33.2 Å². The van der Waals surface area contributed by atoms with Gasteiger partial charge in [0.25, 0.3) is 10.1 Å². The lowest BCUT2D eigenvalue weighted by Crippen LogP contribution is -2.23. The molecule has 5 nitrogen and oxygen atoms in total. The van der Waals surface area contributed by atoms with Crippen molar-refractivity contribution in [3.63, 3.8) is 0 Å². The summed E-state index contributed by atoms with van der Waals surface area (Å²) >= 11 is 12.5. The van der Waals surface area contributed by atoms with Crippen LogP contribution in [-0.2, 0) is 20.7 Å². The van der Waals surface area contributed by atoms with Crippen LogP contribution in [0.1, 0.15) is 11.1 Å². The molecule has 0 spiro atoms. The summed E-state index contributed by atoms with van der Waals surface area (Å²) in [7, 11) is -2.31. The summed E-state index contributed by atoms with van der Waals surface area (Å²) in [4.78, 5) is 0.112. The summed E-state index contributed by atoms with van der Waals surface area (Å²) in [6.07, 6.45) is -0.00697. The van der Waals surface area contributed by atoms with Crippen LogP contribution >= 0.6 is 23.2 Å². The smallest absolute Gasteiger partial charge is 0.297 e. The molecule has 3 aromatic rings. The van der Waals surface area contributed by atoms with E-state index in [0.29, 0.717) is 28.0 Å². The molecule has 8 heteroatoms. The molecule has 0 aliphatic carbocycles. The Morgan fingerprint density at radius 2 is 1.71 bits per heavy atom. The summed E-state index contributed by atoms with van der Waals surface area (Å²) in [6, 6.07) is 15.4. The maximum atomic E-state index is 12.5. The Balaban J connectivity index is 1.58. The molecule has 4 rings (SSSR count). The van der Waals surface area contributed by atoms with Gasteiger partial charge in [-0.05, 0) is 49.4 Å². The van der Waals surface area contributed by atoms with Gasteiger partial charge in [-0.25, -0.2) is 0 Å². The minimum Gasteiger partial charge on any atom is -0.496 e. The lowest BCUT2D eigenvalue weighted by atomic mass is 10.00. The molecule has 0 saturated carbocycles. The average molecular weight is 479 g/mol. The van der Waals surface area contributed by atoms with Gasteiger partial charge in [0.1, 0.15) is 24.2 Å². The Morgan fingerprint density at radius 1 is 1.00 bits per heavy atom. The number of hydrogen-bond acceptors (Lipinski definition) is 5. The van der Waals surface area contributed by atoms with Crippen molar-refractivity contribution in [2.24, 2.45) is 0 Å². The molecule has 162 valence electrons. The minimum absolute atomic E-state index is 0.112. The van der Waals surface area contributed by atoms with Gasteiger partial charge in [0.15, 0.2) is 0 Å². The van der Waals surface area contributed by atoms with Gasteiger partial charge in [0.2, 0.25) is 0 Å². The molecule has 1 unspecified atom stereocenters. The van der Waals surface area contributed by atoms with Crippen molar-refractivity contribution in [1.82, 2.24) is 0 Å². The Labute approximate surface area is 191 Å². The lowest BCUT2D eigenvalue weighted by Gasteiger charge is -2.15. The molecule has 1 atom stereocenters. The summed E-state index contributed by atoms with van der Waals surface area (Å²) in [5.74, 6) is 1.24. The molecule has 31 heavy (non-hydrogen) atoms. The normalized spacial score (nSPS) is 15.4. The topological polar surface area (TPSA) is 61.8 Å². The highest BCUT2D eigenvalue weighted by atomic mass is 35.5. The van der Waals surface area contributed by atoms with Crippen molar-refractivity contribution >= 4 is 33.3 Å². The van der Waals surface area contributed by atoms with Gasteiger partial charge >= 0.3 is 0 Å². The zero-order valence-corrected chi connectivity index (χ0v) is 19.2. The zero-order valence-electron chi connectivity index (χ0n) is 16.9. The van der Waals surface area contributed by atoms with E-state index < -0.39 is 16.2 Å². The number of benzene rings is 3. The third kappa shape index (κ3) is 4.67. The molecule has 0 saturated heterocycles. The van der Waals surface area contributed by atoms with Crippen LogP contribution in [-0.4, -0.2) is 28.2 Å². The van der Waals surface area contributed by atoms with Crippen LogP contribution in [0.3, 0.4) is 0 Å². The summed E-state index contributed by atoms with van der Waals surface area (Å²) in [6.45, 7) is 1.77. The third-order valence-corrected chi connectivity index (χ3v) is 6.78. The van der Waals surface area contributed by atoms with Crippen molar-refractivity contribution < 1.29 is 22.1 Å². The maximum absolute atomic E-state index is 12.5. The van der Waals surface area contributed by atoms with E-state index in [1.165, 1.54) is 12.1 Å². The van der Waals surface area contributed by atoms with E-state index in [4.69, 9.17) is 36.9 Å². The van der Waals surface area contributed by atoms with Gasteiger partial charge in [0.05, 0.1) is 12.0 Å². The summed E-state index contributed by atoms with van der Waals surface area (Å²) < 4.78 is 41.9. The average Bonchev–Trinajstić information content (AvgIpc) is 3.15. The molecule has 1 aliphatic rings. The first-order valence-corrected chi connectivity index (χ1v) is 11.7. The number of hydrogen-bond donors (Lipinski definition) is 0. The van der Waals surface area contributed by atoms with Crippen LogP contribution in [0, 0.1) is 6.92 Å². The monoisotopic (exact) mass is 478 g/mol. The lowest BCUT2D eigenvalue weighted by molar-refractivity contribution is 0.152. The van der Waals surface area contributed by atoms with Gasteiger partial charge in [-0.3, -0.25) is 4.18 Å². The Morgan fingerprint density at radius 3 is 2.42 bits per heavy atom. The van der Waals surface area contributed by atoms with Crippen molar-refractivity contribution in [1.29, 1.82) is 0 Å². The summed E-state index contributed by atoms with van der Waals surface area (Å²) in [5, 5.41) is 1.08. The van der Waals surface area contributed by atoms with Crippen LogP contribution in [0.15, 0.2) is 59.5 Å². The third-order valence-electron chi connectivity index (χ3n) is 5.03. The number of halogens is 2. The Bertz CT molecular complexity index is 1220. The largest absolute Gasteiger partial charge is 0.496 e. The van der Waals surface area contributed by atoms with E-state index in [1.807, 2.05) is 13.0 Å². The van der Waals surface area contributed by atoms with Crippen molar-refractivity contribution in [2.45, 2.75) is 24.3 Å². The number of fused-ring (bicyclic) bond motifs is 1. The minimum atomic E-state index is -3.88. The standard InChI is InChI=1S/C23H20Cl2O5S/c1-14-3-6-19(7-4-14)31(26,27)29-13-18-10-15-9-17(25)12-21(23(15)30-18)20-11-16(24)5-8-22(20)28-2/h3-9,11-12,18H,10,13H2,1-2H3. The van der Waals surface area contributed by atoms with E-state index in [9.17, 15) is 8.42 Å². The first-order chi connectivity index (χ1) is 14.8. The molecular formula is C23H20Cl2O5S. The number of aryl methyl sites for hydroxylation is 1. The second-order valence-corrected chi connectivity index (χ2v) is 9.77. The Kier molecular flexibility index (Phi) is 6.17. The Hall–Kier alpha value is -2.25. The van der Waals surface area contributed by atoms with Gasteiger partial charge in [-0.2, -0.15) is 8.42 Å². The van der Waals surface area contributed by atoms with E-state index in [0.717, 1.165) is 22.3 Å². The van der Waals surface area contributed by atoms with E-state index in [1.54, 1.807) is 43.5 Å². The maximum Gasteiger partial charge on any atom is 0.297 e. The van der Waals surface area contributed by atoms with Crippen molar-refractivity contribution in [3.8, 4) is 22.6 Å². The number of rotatable bonds is 6. The van der Waals surface area contributed by atoms with Crippen LogP contribution < -0.4 is 9.47 Å². The zero-order chi connectivity index (χ0) is 22.2. The molecule has 0 fully saturated rings. The van der Waals surface area contributed by atoms with Gasteiger partial charge < -0.3 is 9.47 Å². The van der Waals surface area contributed by atoms with Crippen LogP contribution in [0.5, 0.6) is 11.5 Å². The highest BCUT2D eigenvalue weighted by Crippen LogP contribution is 2.44. The van der Waals surface area contributed by atoms with E-state index in [2.05, 4.69) is 0 Å². The van der Waals surface area contributed by atoms with Gasteiger partial charge in [-0.1, -0.05) is 40.9 Å². The highest BCUT2D eigenvalue weighted by molar-refractivity contribution is 7.86. The predicted molar refractivity (Wildman–Crippen MR) is 121 cm³/mol. The highest BCUT2D eigenvalue weighted by Gasteiger charge is 2.29. The first-order valence-electron chi connectivity index (χ1n) is 9.56. The van der Waals surface area contributed by atoms with Crippen molar-refractivity contribution in [2.75, 3.05) is 13.7 Å². The molecule has 1 heterocycles. The molecule has 0 bridgehead atoms. The van der Waals surface area contributed by atoms with E-state index in [-0.39, 0.29) is 11.5 Å². The number of ether oxygens (including phenoxy) is 2. The fourth-order valence-corrected chi connectivity index (χ4v) is 4.87. The molecule has 3 aromatic carbocycles. The quantitative estimate of drug-likeness (QED) is 0.426. The molecule has 0 amide bonds. The van der Waals surface area contributed by atoms with Gasteiger partial charge in [-0.15, -0.1) is 0 Å². The van der Waals surface area contributed by atoms with Crippen molar-refractivity contribution in [3.05, 3.63) is 75.8 Å². The molecule has 1 aliphatic heterocycles. The molecular weight excluding hydrogens is 459 g/mol. The second kappa shape index (κ2) is 8.71. The first kappa shape index (κ1) is 22.0.